The molecule has 5 heteroatoms. The summed E-state index contributed by atoms with van der Waals surface area (Å²) in [5, 5.41) is 4.12. The number of hydrogen-bond donors (Lipinski definition) is 1. The van der Waals surface area contributed by atoms with Crippen LogP contribution in [0.5, 0.6) is 11.5 Å². The fraction of sp³-hybridized carbons (Fsp3) is 0.143. The molecule has 0 atom stereocenters. The van der Waals surface area contributed by atoms with Gasteiger partial charge in [-0.1, -0.05) is 12.1 Å². The van der Waals surface area contributed by atoms with Gasteiger partial charge in [-0.25, -0.2) is 4.98 Å². The predicted molar refractivity (Wildman–Crippen MR) is 75.0 cm³/mol. The van der Waals surface area contributed by atoms with Crippen molar-refractivity contribution in [3.8, 4) is 11.5 Å². The van der Waals surface area contributed by atoms with Crippen molar-refractivity contribution in [2.75, 3.05) is 19.6 Å². The number of anilines is 1. The van der Waals surface area contributed by atoms with E-state index in [4.69, 9.17) is 9.47 Å². The van der Waals surface area contributed by atoms with E-state index in [-0.39, 0.29) is 0 Å². The first-order chi connectivity index (χ1) is 9.35. The van der Waals surface area contributed by atoms with Crippen molar-refractivity contribution in [2.24, 2.45) is 5.10 Å². The first-order valence-electron chi connectivity index (χ1n) is 5.76. The van der Waals surface area contributed by atoms with E-state index in [9.17, 15) is 0 Å². The smallest absolute Gasteiger partial charge is 0.169 e. The van der Waals surface area contributed by atoms with Crippen molar-refractivity contribution >= 4 is 12.0 Å². The van der Waals surface area contributed by atoms with Crippen LogP contribution in [0.3, 0.4) is 0 Å². The van der Waals surface area contributed by atoms with Crippen LogP contribution >= 0.6 is 0 Å². The largest absolute Gasteiger partial charge is 0.493 e. The van der Waals surface area contributed by atoms with E-state index in [1.807, 2.05) is 36.4 Å². The third-order valence-electron chi connectivity index (χ3n) is 2.48. The molecule has 98 valence electrons. The Labute approximate surface area is 111 Å². The lowest BCUT2D eigenvalue weighted by atomic mass is 10.2. The molecule has 5 nitrogen and oxygen atoms in total. The number of methoxy groups -OCH3 is 2. The van der Waals surface area contributed by atoms with Gasteiger partial charge in [-0.3, -0.25) is 5.43 Å². The van der Waals surface area contributed by atoms with Crippen LogP contribution in [-0.2, 0) is 0 Å². The van der Waals surface area contributed by atoms with Crippen LogP contribution < -0.4 is 14.9 Å². The Morgan fingerprint density at radius 3 is 2.68 bits per heavy atom. The van der Waals surface area contributed by atoms with Crippen molar-refractivity contribution < 1.29 is 9.47 Å². The molecule has 0 saturated heterocycles. The summed E-state index contributed by atoms with van der Waals surface area (Å²) in [5.74, 6) is 2.00. The summed E-state index contributed by atoms with van der Waals surface area (Å²) >= 11 is 0. The highest BCUT2D eigenvalue weighted by molar-refractivity contribution is 5.85. The number of aromatic nitrogens is 1. The number of rotatable bonds is 5. The van der Waals surface area contributed by atoms with Crippen LogP contribution in [0.1, 0.15) is 5.56 Å². The predicted octanol–water partition coefficient (Wildman–Crippen LogP) is 2.54. The Morgan fingerprint density at radius 2 is 2.00 bits per heavy atom. The van der Waals surface area contributed by atoms with Gasteiger partial charge < -0.3 is 9.47 Å². The highest BCUT2D eigenvalue weighted by Gasteiger charge is 2.06. The summed E-state index contributed by atoms with van der Waals surface area (Å²) in [4.78, 5) is 4.11. The van der Waals surface area contributed by atoms with Gasteiger partial charge >= 0.3 is 0 Å². The molecule has 0 bridgehead atoms. The van der Waals surface area contributed by atoms with Gasteiger partial charge in [0.15, 0.2) is 11.5 Å². The lowest BCUT2D eigenvalue weighted by Gasteiger charge is -2.09. The molecule has 0 aliphatic carbocycles. The van der Waals surface area contributed by atoms with Crippen molar-refractivity contribution in [1.29, 1.82) is 0 Å². The van der Waals surface area contributed by atoms with E-state index in [1.165, 1.54) is 0 Å². The first kappa shape index (κ1) is 12.9. The maximum Gasteiger partial charge on any atom is 0.169 e. The molecular formula is C14H15N3O2. The van der Waals surface area contributed by atoms with Gasteiger partial charge in [-0.15, -0.1) is 0 Å². The van der Waals surface area contributed by atoms with Crippen LogP contribution in [0, 0.1) is 0 Å². The minimum absolute atomic E-state index is 0.650. The Morgan fingerprint density at radius 1 is 1.11 bits per heavy atom. The second-order valence-electron chi connectivity index (χ2n) is 3.67. The number of pyridine rings is 1. The Balaban J connectivity index is 2.15. The molecule has 1 aromatic heterocycles. The number of nitrogens with zero attached hydrogens (tertiary/aromatic N) is 2. The van der Waals surface area contributed by atoms with Crippen LogP contribution in [0.2, 0.25) is 0 Å². The summed E-state index contributed by atoms with van der Waals surface area (Å²) in [5.41, 5.74) is 3.67. The van der Waals surface area contributed by atoms with Gasteiger partial charge in [0.2, 0.25) is 0 Å². The van der Waals surface area contributed by atoms with E-state index < -0.39 is 0 Å². The van der Waals surface area contributed by atoms with Crippen LogP contribution in [0.15, 0.2) is 47.7 Å². The third kappa shape index (κ3) is 3.22. The van der Waals surface area contributed by atoms with Crippen LogP contribution in [0.4, 0.5) is 5.82 Å². The molecule has 0 radical (unpaired) electrons. The SMILES string of the molecule is COc1cccc(C=NNc2ccccn2)c1OC. The summed E-state index contributed by atoms with van der Waals surface area (Å²) in [7, 11) is 3.20. The molecular weight excluding hydrogens is 242 g/mol. The average Bonchev–Trinajstić information content (AvgIpc) is 2.48. The Hall–Kier alpha value is -2.56. The zero-order chi connectivity index (χ0) is 13.5. The summed E-state index contributed by atoms with van der Waals surface area (Å²) in [6.07, 6.45) is 3.36. The molecule has 1 aromatic carbocycles. The third-order valence-corrected chi connectivity index (χ3v) is 2.48. The quantitative estimate of drug-likeness (QED) is 0.660. The van der Waals surface area contributed by atoms with Gasteiger partial charge in [0, 0.05) is 11.8 Å². The fourth-order valence-electron chi connectivity index (χ4n) is 1.61. The lowest BCUT2D eigenvalue weighted by Crippen LogP contribution is -1.97. The van der Waals surface area contributed by atoms with Gasteiger partial charge in [0.25, 0.3) is 0 Å². The molecule has 1 N–H and O–H groups in total. The zero-order valence-corrected chi connectivity index (χ0v) is 10.8. The number of hydrogen-bond acceptors (Lipinski definition) is 5. The van der Waals surface area contributed by atoms with E-state index in [0.717, 1.165) is 5.56 Å². The number of ether oxygens (including phenoxy) is 2. The highest BCUT2D eigenvalue weighted by Crippen LogP contribution is 2.29. The minimum atomic E-state index is 0.650. The number of benzene rings is 1. The first-order valence-corrected chi connectivity index (χ1v) is 5.76. The lowest BCUT2D eigenvalue weighted by molar-refractivity contribution is 0.354. The average molecular weight is 257 g/mol. The minimum Gasteiger partial charge on any atom is -0.493 e. The maximum absolute atomic E-state index is 5.31. The van der Waals surface area contributed by atoms with Gasteiger partial charge in [-0.2, -0.15) is 5.10 Å². The monoisotopic (exact) mass is 257 g/mol. The Kier molecular flexibility index (Phi) is 4.34. The highest BCUT2D eigenvalue weighted by atomic mass is 16.5. The van der Waals surface area contributed by atoms with Gasteiger partial charge in [-0.05, 0) is 24.3 Å². The molecule has 0 aliphatic rings. The topological polar surface area (TPSA) is 55.7 Å². The number of para-hydroxylation sites is 1. The molecule has 0 spiro atoms. The van der Waals surface area contributed by atoms with Gasteiger partial charge in [0.1, 0.15) is 5.82 Å². The Bertz CT molecular complexity index is 556. The maximum atomic E-state index is 5.31. The van der Waals surface area contributed by atoms with Crippen molar-refractivity contribution in [3.63, 3.8) is 0 Å². The second kappa shape index (κ2) is 6.39. The van der Waals surface area contributed by atoms with Crippen molar-refractivity contribution in [2.45, 2.75) is 0 Å². The number of nitrogens with one attached hydrogen (secondary N) is 1. The van der Waals surface area contributed by atoms with E-state index in [1.54, 1.807) is 26.6 Å². The normalized spacial score (nSPS) is 10.4. The van der Waals surface area contributed by atoms with Gasteiger partial charge in [0.05, 0.1) is 20.4 Å². The fourth-order valence-corrected chi connectivity index (χ4v) is 1.61. The van der Waals surface area contributed by atoms with E-state index >= 15 is 0 Å². The summed E-state index contributed by atoms with van der Waals surface area (Å²) in [6.45, 7) is 0. The second-order valence-corrected chi connectivity index (χ2v) is 3.67. The molecule has 0 aliphatic heterocycles. The summed E-state index contributed by atoms with van der Waals surface area (Å²) in [6, 6.07) is 11.2. The molecule has 2 aromatic rings. The molecule has 0 unspecified atom stereocenters. The van der Waals surface area contributed by atoms with E-state index in [2.05, 4.69) is 15.5 Å². The molecule has 2 rings (SSSR count). The summed E-state index contributed by atoms with van der Waals surface area (Å²) < 4.78 is 10.5. The standard InChI is InChI=1S/C14H15N3O2/c1-18-12-7-5-6-11(14(12)19-2)10-16-17-13-8-3-4-9-15-13/h3-10H,1-2H3,(H,15,17). The molecule has 0 amide bonds. The molecule has 19 heavy (non-hydrogen) atoms. The number of hydrazone groups is 1. The van der Waals surface area contributed by atoms with E-state index in [0.29, 0.717) is 17.3 Å². The van der Waals surface area contributed by atoms with Crippen LogP contribution in [-0.4, -0.2) is 25.4 Å². The zero-order valence-electron chi connectivity index (χ0n) is 10.8. The molecule has 1 heterocycles. The van der Waals surface area contributed by atoms with Crippen LogP contribution in [0.25, 0.3) is 0 Å². The van der Waals surface area contributed by atoms with Crippen molar-refractivity contribution in [1.82, 2.24) is 4.98 Å². The van der Waals surface area contributed by atoms with Crippen molar-refractivity contribution in [3.05, 3.63) is 48.2 Å². The molecule has 0 fully saturated rings. The molecule has 0 saturated carbocycles.